The molecule has 1 aromatic carbocycles. The highest BCUT2D eigenvalue weighted by Crippen LogP contribution is 2.30. The highest BCUT2D eigenvalue weighted by molar-refractivity contribution is 5.81. The molecule has 0 bridgehead atoms. The lowest BCUT2D eigenvalue weighted by Gasteiger charge is -2.33. The van der Waals surface area contributed by atoms with Gasteiger partial charge in [0.05, 0.1) is 0 Å². The molecule has 2 aromatic rings. The zero-order chi connectivity index (χ0) is 16.6. The summed E-state index contributed by atoms with van der Waals surface area (Å²) in [4.78, 5) is 17.7. The largest absolute Gasteiger partial charge is 0.444 e. The zero-order valence-electron chi connectivity index (χ0n) is 14.5. The number of likely N-dealkylation sites (tertiary alicyclic amines) is 1. The molecule has 1 aromatic heterocycles. The molecule has 1 saturated heterocycles. The van der Waals surface area contributed by atoms with Gasteiger partial charge in [-0.25, -0.2) is 4.79 Å². The zero-order valence-corrected chi connectivity index (χ0v) is 14.5. The summed E-state index contributed by atoms with van der Waals surface area (Å²) >= 11 is 0. The number of benzene rings is 1. The molecule has 4 heteroatoms. The fourth-order valence-electron chi connectivity index (χ4n) is 3.22. The second-order valence-electron chi connectivity index (χ2n) is 7.58. The molecule has 0 aliphatic carbocycles. The van der Waals surface area contributed by atoms with Gasteiger partial charge in [0.15, 0.2) is 0 Å². The second-order valence-corrected chi connectivity index (χ2v) is 7.58. The van der Waals surface area contributed by atoms with Crippen molar-refractivity contribution in [3.63, 3.8) is 0 Å². The van der Waals surface area contributed by atoms with Crippen LogP contribution in [0, 0.1) is 6.92 Å². The van der Waals surface area contributed by atoms with E-state index in [0.29, 0.717) is 5.92 Å². The number of amides is 1. The van der Waals surface area contributed by atoms with E-state index in [1.807, 2.05) is 25.7 Å². The van der Waals surface area contributed by atoms with Gasteiger partial charge in [-0.2, -0.15) is 0 Å². The van der Waals surface area contributed by atoms with Gasteiger partial charge in [-0.05, 0) is 64.1 Å². The van der Waals surface area contributed by atoms with E-state index in [4.69, 9.17) is 4.74 Å². The SMILES string of the molecule is Cc1ccc2[nH]c(C3CCCN(C(=O)OC(C)(C)C)C3)cc2c1. The number of fused-ring (bicyclic) bond motifs is 1. The van der Waals surface area contributed by atoms with Crippen molar-refractivity contribution < 1.29 is 9.53 Å². The topological polar surface area (TPSA) is 45.3 Å². The Morgan fingerprint density at radius 3 is 2.83 bits per heavy atom. The molecule has 4 nitrogen and oxygen atoms in total. The van der Waals surface area contributed by atoms with Gasteiger partial charge < -0.3 is 14.6 Å². The average molecular weight is 314 g/mol. The summed E-state index contributed by atoms with van der Waals surface area (Å²) in [5, 5.41) is 1.24. The monoisotopic (exact) mass is 314 g/mol. The van der Waals surface area contributed by atoms with Gasteiger partial charge in [0.25, 0.3) is 0 Å². The van der Waals surface area contributed by atoms with E-state index in [-0.39, 0.29) is 6.09 Å². The first-order chi connectivity index (χ1) is 10.8. The molecule has 124 valence electrons. The summed E-state index contributed by atoms with van der Waals surface area (Å²) in [5.74, 6) is 0.351. The van der Waals surface area contributed by atoms with Crippen LogP contribution in [-0.2, 0) is 4.74 Å². The molecule has 1 N–H and O–H groups in total. The summed E-state index contributed by atoms with van der Waals surface area (Å²) in [7, 11) is 0. The maximum absolute atomic E-state index is 12.3. The average Bonchev–Trinajstić information content (AvgIpc) is 2.88. The Kier molecular flexibility index (Phi) is 4.09. The number of aryl methyl sites for hydroxylation is 1. The minimum Gasteiger partial charge on any atom is -0.444 e. The van der Waals surface area contributed by atoms with E-state index in [0.717, 1.165) is 25.9 Å². The Bertz CT molecular complexity index is 712. The number of piperidine rings is 1. The number of nitrogens with one attached hydrogen (secondary N) is 1. The number of hydrogen-bond acceptors (Lipinski definition) is 2. The maximum atomic E-state index is 12.3. The fraction of sp³-hybridized carbons (Fsp3) is 0.526. The van der Waals surface area contributed by atoms with Crippen molar-refractivity contribution in [1.82, 2.24) is 9.88 Å². The standard InChI is InChI=1S/C19H26N2O2/c1-13-7-8-16-15(10-13)11-17(20-16)14-6-5-9-21(12-14)18(22)23-19(2,3)4/h7-8,10-11,14,20H,5-6,9,12H2,1-4H3. The number of aromatic amines is 1. The molecule has 0 radical (unpaired) electrons. The van der Waals surface area contributed by atoms with E-state index in [1.54, 1.807) is 0 Å². The minimum atomic E-state index is -0.442. The van der Waals surface area contributed by atoms with Crippen molar-refractivity contribution in [1.29, 1.82) is 0 Å². The van der Waals surface area contributed by atoms with Gasteiger partial charge in [0, 0.05) is 30.2 Å². The van der Waals surface area contributed by atoms with Gasteiger partial charge in [-0.3, -0.25) is 0 Å². The van der Waals surface area contributed by atoms with Crippen LogP contribution in [0.2, 0.25) is 0 Å². The Balaban J connectivity index is 1.75. The molecular formula is C19H26N2O2. The van der Waals surface area contributed by atoms with Crippen LogP contribution in [0.15, 0.2) is 24.3 Å². The number of ether oxygens (including phenoxy) is 1. The molecular weight excluding hydrogens is 288 g/mol. The van der Waals surface area contributed by atoms with Crippen LogP contribution in [0.25, 0.3) is 10.9 Å². The van der Waals surface area contributed by atoms with Crippen molar-refractivity contribution >= 4 is 17.0 Å². The van der Waals surface area contributed by atoms with Crippen LogP contribution in [0.1, 0.15) is 50.8 Å². The predicted molar refractivity (Wildman–Crippen MR) is 92.8 cm³/mol. The third kappa shape index (κ3) is 3.69. The lowest BCUT2D eigenvalue weighted by Crippen LogP contribution is -2.42. The lowest BCUT2D eigenvalue weighted by atomic mass is 9.95. The lowest BCUT2D eigenvalue weighted by molar-refractivity contribution is 0.0197. The van der Waals surface area contributed by atoms with Crippen molar-refractivity contribution in [2.75, 3.05) is 13.1 Å². The minimum absolute atomic E-state index is 0.200. The summed E-state index contributed by atoms with van der Waals surface area (Å²) in [6, 6.07) is 8.68. The van der Waals surface area contributed by atoms with Gasteiger partial charge in [-0.1, -0.05) is 11.6 Å². The van der Waals surface area contributed by atoms with E-state index in [9.17, 15) is 4.79 Å². The Hall–Kier alpha value is -1.97. The molecule has 1 aliphatic heterocycles. The summed E-state index contributed by atoms with van der Waals surface area (Å²) in [6.07, 6.45) is 1.91. The van der Waals surface area contributed by atoms with E-state index in [2.05, 4.69) is 36.2 Å². The number of H-pyrrole nitrogens is 1. The van der Waals surface area contributed by atoms with Crippen molar-refractivity contribution in [3.8, 4) is 0 Å². The third-order valence-corrected chi connectivity index (χ3v) is 4.31. The molecule has 1 amide bonds. The van der Waals surface area contributed by atoms with Crippen molar-refractivity contribution in [2.24, 2.45) is 0 Å². The van der Waals surface area contributed by atoms with Gasteiger partial charge in [0.1, 0.15) is 5.60 Å². The van der Waals surface area contributed by atoms with Crippen LogP contribution in [-0.4, -0.2) is 34.7 Å². The van der Waals surface area contributed by atoms with E-state index >= 15 is 0 Å². The molecule has 3 rings (SSSR count). The van der Waals surface area contributed by atoms with Gasteiger partial charge in [0.2, 0.25) is 0 Å². The third-order valence-electron chi connectivity index (χ3n) is 4.31. The number of nitrogens with zero attached hydrogens (tertiary/aromatic N) is 1. The number of aromatic nitrogens is 1. The summed E-state index contributed by atoms with van der Waals surface area (Å²) < 4.78 is 5.51. The Morgan fingerprint density at radius 2 is 2.09 bits per heavy atom. The normalized spacial score (nSPS) is 19.1. The molecule has 2 heterocycles. The molecule has 1 atom stereocenters. The van der Waals surface area contributed by atoms with Crippen LogP contribution in [0.5, 0.6) is 0 Å². The van der Waals surface area contributed by atoms with Crippen LogP contribution < -0.4 is 0 Å². The van der Waals surface area contributed by atoms with Crippen LogP contribution >= 0.6 is 0 Å². The first kappa shape index (κ1) is 15.9. The summed E-state index contributed by atoms with van der Waals surface area (Å²) in [6.45, 7) is 9.34. The second kappa shape index (κ2) is 5.91. The number of hydrogen-bond donors (Lipinski definition) is 1. The first-order valence-electron chi connectivity index (χ1n) is 8.39. The fourth-order valence-corrected chi connectivity index (χ4v) is 3.22. The highest BCUT2D eigenvalue weighted by Gasteiger charge is 2.29. The Labute approximate surface area is 137 Å². The van der Waals surface area contributed by atoms with Crippen LogP contribution in [0.3, 0.4) is 0 Å². The molecule has 0 saturated carbocycles. The smallest absolute Gasteiger partial charge is 0.410 e. The number of carbonyl (C=O) groups is 1. The molecule has 1 aliphatic rings. The van der Waals surface area contributed by atoms with Gasteiger partial charge >= 0.3 is 6.09 Å². The van der Waals surface area contributed by atoms with Crippen molar-refractivity contribution in [3.05, 3.63) is 35.5 Å². The quantitative estimate of drug-likeness (QED) is 0.836. The summed E-state index contributed by atoms with van der Waals surface area (Å²) in [5.41, 5.74) is 3.21. The molecule has 1 unspecified atom stereocenters. The predicted octanol–water partition coefficient (Wildman–Crippen LogP) is 4.59. The van der Waals surface area contributed by atoms with Crippen molar-refractivity contribution in [2.45, 2.75) is 52.1 Å². The van der Waals surface area contributed by atoms with Crippen LogP contribution in [0.4, 0.5) is 4.79 Å². The maximum Gasteiger partial charge on any atom is 0.410 e. The van der Waals surface area contributed by atoms with E-state index < -0.39 is 5.60 Å². The molecule has 0 spiro atoms. The first-order valence-corrected chi connectivity index (χ1v) is 8.39. The number of rotatable bonds is 1. The Morgan fingerprint density at radius 1 is 1.30 bits per heavy atom. The number of carbonyl (C=O) groups excluding carboxylic acids is 1. The van der Waals surface area contributed by atoms with E-state index in [1.165, 1.54) is 22.2 Å². The molecule has 1 fully saturated rings. The van der Waals surface area contributed by atoms with Gasteiger partial charge in [-0.15, -0.1) is 0 Å². The highest BCUT2D eigenvalue weighted by atomic mass is 16.6. The molecule has 23 heavy (non-hydrogen) atoms.